The highest BCUT2D eigenvalue weighted by Gasteiger charge is 2.23. The second-order valence-electron chi connectivity index (χ2n) is 5.64. The van der Waals surface area contributed by atoms with E-state index >= 15 is 0 Å². The molecule has 0 N–H and O–H groups in total. The Balaban J connectivity index is 3.17. The summed E-state index contributed by atoms with van der Waals surface area (Å²) in [4.78, 5) is 10.4. The van der Waals surface area contributed by atoms with Crippen LogP contribution in [0.15, 0.2) is 18.2 Å². The Kier molecular flexibility index (Phi) is 4.95. The summed E-state index contributed by atoms with van der Waals surface area (Å²) in [5.74, 6) is -0.311. The third-order valence-corrected chi connectivity index (χ3v) is 2.90. The van der Waals surface area contributed by atoms with Gasteiger partial charge in [-0.05, 0) is 39.3 Å². The van der Waals surface area contributed by atoms with Gasteiger partial charge in [0.2, 0.25) is 5.75 Å². The molecule has 0 saturated carbocycles. The van der Waals surface area contributed by atoms with Gasteiger partial charge in [-0.25, -0.2) is 0 Å². The number of nitro groups is 1. The maximum atomic E-state index is 11.1. The number of hydrogen-bond acceptors (Lipinski definition) is 6. The van der Waals surface area contributed by atoms with Crippen LogP contribution in [0.1, 0.15) is 39.4 Å². The Morgan fingerprint density at radius 1 is 1.29 bits per heavy atom. The van der Waals surface area contributed by atoms with Crippen molar-refractivity contribution in [3.63, 3.8) is 0 Å². The van der Waals surface area contributed by atoms with Crippen LogP contribution in [0.4, 0.5) is 5.69 Å². The SMILES string of the molecule is CC(OC(C)(C)C)c1ccc(OS(C)(=O)=O)c([N+](=O)[O-])c1. The van der Waals surface area contributed by atoms with Crippen LogP contribution >= 0.6 is 0 Å². The van der Waals surface area contributed by atoms with Gasteiger partial charge in [-0.2, -0.15) is 8.42 Å². The van der Waals surface area contributed by atoms with Crippen LogP contribution in [0.2, 0.25) is 0 Å². The monoisotopic (exact) mass is 317 g/mol. The molecule has 0 radical (unpaired) electrons. The van der Waals surface area contributed by atoms with Gasteiger partial charge >= 0.3 is 15.8 Å². The van der Waals surface area contributed by atoms with Gasteiger partial charge in [0.1, 0.15) is 0 Å². The minimum absolute atomic E-state index is 0.311. The van der Waals surface area contributed by atoms with Gasteiger partial charge < -0.3 is 8.92 Å². The summed E-state index contributed by atoms with van der Waals surface area (Å²) in [6, 6.07) is 4.07. The van der Waals surface area contributed by atoms with Crippen molar-refractivity contribution >= 4 is 15.8 Å². The zero-order valence-corrected chi connectivity index (χ0v) is 13.4. The molecule has 0 aliphatic rings. The predicted molar refractivity (Wildman–Crippen MR) is 77.8 cm³/mol. The molecule has 1 aromatic carbocycles. The lowest BCUT2D eigenvalue weighted by Crippen LogP contribution is -2.21. The highest BCUT2D eigenvalue weighted by Crippen LogP contribution is 2.33. The average Bonchev–Trinajstić information content (AvgIpc) is 2.24. The largest absolute Gasteiger partial charge is 0.375 e. The molecule has 1 rings (SSSR count). The topological polar surface area (TPSA) is 95.7 Å². The van der Waals surface area contributed by atoms with Crippen molar-refractivity contribution in [3.8, 4) is 5.75 Å². The number of nitro benzene ring substituents is 1. The van der Waals surface area contributed by atoms with E-state index in [0.29, 0.717) is 5.56 Å². The van der Waals surface area contributed by atoms with Gasteiger partial charge in [-0.3, -0.25) is 10.1 Å². The molecule has 0 aliphatic heterocycles. The fourth-order valence-corrected chi connectivity index (χ4v) is 2.23. The molecule has 0 saturated heterocycles. The molecule has 0 bridgehead atoms. The fourth-order valence-electron chi connectivity index (χ4n) is 1.76. The van der Waals surface area contributed by atoms with E-state index in [2.05, 4.69) is 4.18 Å². The van der Waals surface area contributed by atoms with E-state index in [0.717, 1.165) is 6.26 Å². The average molecular weight is 317 g/mol. The zero-order chi connectivity index (χ0) is 16.4. The van der Waals surface area contributed by atoms with Gasteiger partial charge in [0.05, 0.1) is 22.9 Å². The lowest BCUT2D eigenvalue weighted by atomic mass is 10.1. The van der Waals surface area contributed by atoms with Crippen molar-refractivity contribution in [1.29, 1.82) is 0 Å². The molecule has 1 unspecified atom stereocenters. The maximum absolute atomic E-state index is 11.1. The summed E-state index contributed by atoms with van der Waals surface area (Å²) in [7, 11) is -3.83. The maximum Gasteiger partial charge on any atom is 0.313 e. The lowest BCUT2D eigenvalue weighted by Gasteiger charge is -2.25. The van der Waals surface area contributed by atoms with E-state index < -0.39 is 26.3 Å². The summed E-state index contributed by atoms with van der Waals surface area (Å²) >= 11 is 0. The van der Waals surface area contributed by atoms with Crippen molar-refractivity contribution in [2.75, 3.05) is 6.26 Å². The molecule has 0 aliphatic carbocycles. The Morgan fingerprint density at radius 2 is 1.86 bits per heavy atom. The quantitative estimate of drug-likeness (QED) is 0.470. The Hall–Kier alpha value is -1.67. The number of rotatable bonds is 5. The highest BCUT2D eigenvalue weighted by molar-refractivity contribution is 7.86. The van der Waals surface area contributed by atoms with Crippen molar-refractivity contribution in [2.24, 2.45) is 0 Å². The first kappa shape index (κ1) is 17.4. The van der Waals surface area contributed by atoms with E-state index in [1.54, 1.807) is 13.0 Å². The summed E-state index contributed by atoms with van der Waals surface area (Å²) in [5.41, 5.74) is -0.254. The lowest BCUT2D eigenvalue weighted by molar-refractivity contribution is -0.385. The van der Waals surface area contributed by atoms with Gasteiger partial charge in [-0.1, -0.05) is 6.07 Å². The summed E-state index contributed by atoms with van der Waals surface area (Å²) in [6.07, 6.45) is 0.451. The van der Waals surface area contributed by atoms with Gasteiger partial charge in [-0.15, -0.1) is 0 Å². The van der Waals surface area contributed by atoms with Crippen LogP contribution in [-0.4, -0.2) is 25.2 Å². The molecule has 7 nitrogen and oxygen atoms in total. The third kappa shape index (κ3) is 5.68. The zero-order valence-electron chi connectivity index (χ0n) is 12.6. The van der Waals surface area contributed by atoms with Crippen LogP contribution in [0.25, 0.3) is 0 Å². The fraction of sp³-hybridized carbons (Fsp3) is 0.538. The van der Waals surface area contributed by atoms with Crippen molar-refractivity contribution < 1.29 is 22.3 Å². The number of ether oxygens (including phenoxy) is 1. The van der Waals surface area contributed by atoms with Gasteiger partial charge in [0.25, 0.3) is 0 Å². The van der Waals surface area contributed by atoms with E-state index in [-0.39, 0.29) is 11.9 Å². The van der Waals surface area contributed by atoms with Crippen LogP contribution < -0.4 is 4.18 Å². The summed E-state index contributed by atoms with van der Waals surface area (Å²) in [5, 5.41) is 11.1. The molecule has 0 aromatic heterocycles. The highest BCUT2D eigenvalue weighted by atomic mass is 32.2. The molecule has 0 amide bonds. The first-order valence-electron chi connectivity index (χ1n) is 6.25. The second-order valence-corrected chi connectivity index (χ2v) is 7.22. The van der Waals surface area contributed by atoms with Crippen molar-refractivity contribution in [3.05, 3.63) is 33.9 Å². The molecule has 21 heavy (non-hydrogen) atoms. The Labute approximate surface area is 124 Å². The number of benzene rings is 1. The normalized spacial score (nSPS) is 13.8. The first-order chi connectivity index (χ1) is 9.39. The Morgan fingerprint density at radius 3 is 2.29 bits per heavy atom. The third-order valence-electron chi connectivity index (χ3n) is 2.42. The van der Waals surface area contributed by atoms with E-state index in [1.165, 1.54) is 12.1 Å². The van der Waals surface area contributed by atoms with Crippen molar-refractivity contribution in [2.45, 2.75) is 39.4 Å². The van der Waals surface area contributed by atoms with Crippen LogP contribution in [0.3, 0.4) is 0 Å². The number of hydrogen-bond donors (Lipinski definition) is 0. The van der Waals surface area contributed by atoms with Crippen LogP contribution in [0, 0.1) is 10.1 Å². The predicted octanol–water partition coefficient (Wildman–Crippen LogP) is 2.81. The van der Waals surface area contributed by atoms with Crippen LogP contribution in [-0.2, 0) is 14.9 Å². The number of nitrogens with zero attached hydrogens (tertiary/aromatic N) is 1. The second kappa shape index (κ2) is 5.98. The molecule has 0 spiro atoms. The molecular weight excluding hydrogens is 298 g/mol. The minimum Gasteiger partial charge on any atom is -0.375 e. The molecule has 0 fully saturated rings. The molecule has 8 heteroatoms. The molecule has 0 heterocycles. The molecular formula is C13H19NO6S. The summed E-state index contributed by atoms with van der Waals surface area (Å²) < 4.78 is 32.6. The first-order valence-corrected chi connectivity index (χ1v) is 8.06. The van der Waals surface area contributed by atoms with Gasteiger partial charge in [0, 0.05) is 6.07 Å². The van der Waals surface area contributed by atoms with Gasteiger partial charge in [0.15, 0.2) is 0 Å². The molecule has 1 aromatic rings. The van der Waals surface area contributed by atoms with E-state index in [9.17, 15) is 18.5 Å². The van der Waals surface area contributed by atoms with Crippen molar-refractivity contribution in [1.82, 2.24) is 0 Å². The van der Waals surface area contributed by atoms with Crippen LogP contribution in [0.5, 0.6) is 5.75 Å². The van der Waals surface area contributed by atoms with E-state index in [4.69, 9.17) is 4.74 Å². The summed E-state index contributed by atoms with van der Waals surface area (Å²) in [6.45, 7) is 7.39. The van der Waals surface area contributed by atoms with E-state index in [1.807, 2.05) is 20.8 Å². The minimum atomic E-state index is -3.83. The Bertz CT molecular complexity index is 633. The molecule has 1 atom stereocenters. The standard InChI is InChI=1S/C13H19NO6S/c1-9(19-13(2,3)4)10-6-7-12(20-21(5,17)18)11(8-10)14(15)16/h6-9H,1-5H3. The smallest absolute Gasteiger partial charge is 0.313 e. The molecule has 118 valence electrons.